The van der Waals surface area contributed by atoms with Crippen LogP contribution in [0.2, 0.25) is 10.0 Å². The van der Waals surface area contributed by atoms with Crippen molar-refractivity contribution in [3.63, 3.8) is 0 Å². The van der Waals surface area contributed by atoms with Gasteiger partial charge in [-0.25, -0.2) is 8.42 Å². The fraction of sp³-hybridized carbons (Fsp3) is 0.375. The Bertz CT molecular complexity index is 1440. The van der Waals surface area contributed by atoms with Crippen LogP contribution in [-0.2, 0) is 26.2 Å². The minimum Gasteiger partial charge on any atom is -0.354 e. The van der Waals surface area contributed by atoms with Gasteiger partial charge < -0.3 is 10.2 Å². The molecule has 2 amide bonds. The van der Waals surface area contributed by atoms with Gasteiger partial charge in [0, 0.05) is 28.7 Å². The van der Waals surface area contributed by atoms with Gasteiger partial charge in [-0.15, -0.1) is 0 Å². The summed E-state index contributed by atoms with van der Waals surface area (Å²) in [5, 5.41) is 3.60. The van der Waals surface area contributed by atoms with Gasteiger partial charge in [-0.1, -0.05) is 94.2 Å². The molecule has 0 saturated carbocycles. The first kappa shape index (κ1) is 33.4. The molecule has 42 heavy (non-hydrogen) atoms. The van der Waals surface area contributed by atoms with Gasteiger partial charge in [-0.05, 0) is 60.2 Å². The van der Waals surface area contributed by atoms with Gasteiger partial charge in [0.25, 0.3) is 10.0 Å². The smallest absolute Gasteiger partial charge is 0.264 e. The van der Waals surface area contributed by atoms with Crippen molar-refractivity contribution in [2.75, 3.05) is 17.4 Å². The molecule has 0 aliphatic heterocycles. The molecule has 0 spiro atoms. The number of amides is 2. The number of sulfonamides is 1. The fourth-order valence-electron chi connectivity index (χ4n) is 4.47. The van der Waals surface area contributed by atoms with Gasteiger partial charge in [0.15, 0.2) is 0 Å². The van der Waals surface area contributed by atoms with Crippen molar-refractivity contribution < 1.29 is 18.0 Å². The number of hydrogen-bond donors (Lipinski definition) is 1. The molecule has 3 rings (SSSR count). The van der Waals surface area contributed by atoms with Crippen molar-refractivity contribution in [2.24, 2.45) is 5.92 Å². The molecular weight excluding hydrogens is 593 g/mol. The molecule has 0 aliphatic carbocycles. The molecule has 0 aliphatic rings. The summed E-state index contributed by atoms with van der Waals surface area (Å²) in [7, 11) is -4.15. The van der Waals surface area contributed by atoms with Crippen molar-refractivity contribution in [3.05, 3.63) is 94.0 Å². The Labute approximate surface area is 259 Å². The summed E-state index contributed by atoms with van der Waals surface area (Å²) < 4.78 is 29.0. The molecule has 226 valence electrons. The maximum absolute atomic E-state index is 14.2. The molecule has 0 unspecified atom stereocenters. The number of carbonyl (C=O) groups is 2. The Morgan fingerprint density at radius 2 is 1.45 bits per heavy atom. The second-order valence-electron chi connectivity index (χ2n) is 10.9. The minimum absolute atomic E-state index is 0.0492. The minimum atomic E-state index is -4.15. The molecule has 3 aromatic carbocycles. The maximum atomic E-state index is 14.2. The first-order chi connectivity index (χ1) is 19.9. The summed E-state index contributed by atoms with van der Waals surface area (Å²) in [6.07, 6.45) is 0.298. The van der Waals surface area contributed by atoms with Crippen LogP contribution < -0.4 is 9.62 Å². The van der Waals surface area contributed by atoms with Crippen LogP contribution in [0.1, 0.15) is 58.1 Å². The number of benzene rings is 3. The Hall–Kier alpha value is -3.07. The highest BCUT2D eigenvalue weighted by Gasteiger charge is 2.34. The highest BCUT2D eigenvalue weighted by atomic mass is 35.5. The normalized spacial score (nSPS) is 12.3. The lowest BCUT2D eigenvalue weighted by Crippen LogP contribution is -2.52. The van der Waals surface area contributed by atoms with E-state index in [0.717, 1.165) is 9.87 Å². The van der Waals surface area contributed by atoms with Crippen molar-refractivity contribution >= 4 is 50.7 Å². The Morgan fingerprint density at radius 3 is 1.98 bits per heavy atom. The highest BCUT2D eigenvalue weighted by molar-refractivity contribution is 7.92. The zero-order valence-electron chi connectivity index (χ0n) is 24.7. The monoisotopic (exact) mass is 631 g/mol. The number of hydrogen-bond acceptors (Lipinski definition) is 4. The van der Waals surface area contributed by atoms with Gasteiger partial charge in [0.05, 0.1) is 10.6 Å². The molecule has 0 fully saturated rings. The molecule has 0 heterocycles. The summed E-state index contributed by atoms with van der Waals surface area (Å²) in [5.74, 6) is -0.453. The quantitative estimate of drug-likeness (QED) is 0.222. The van der Waals surface area contributed by atoms with Crippen LogP contribution in [0.15, 0.2) is 77.7 Å². The molecule has 10 heteroatoms. The van der Waals surface area contributed by atoms with Crippen LogP contribution in [0, 0.1) is 5.92 Å². The van der Waals surface area contributed by atoms with Crippen molar-refractivity contribution in [1.82, 2.24) is 10.2 Å². The predicted octanol–water partition coefficient (Wildman–Crippen LogP) is 6.89. The lowest BCUT2D eigenvalue weighted by atomic mass is 10.0. The second kappa shape index (κ2) is 14.9. The largest absolute Gasteiger partial charge is 0.354 e. The summed E-state index contributed by atoms with van der Waals surface area (Å²) in [6.45, 7) is 9.67. The highest BCUT2D eigenvalue weighted by Crippen LogP contribution is 2.29. The lowest BCUT2D eigenvalue weighted by molar-refractivity contribution is -0.140. The van der Waals surface area contributed by atoms with E-state index in [1.54, 1.807) is 55.5 Å². The van der Waals surface area contributed by atoms with E-state index < -0.39 is 28.5 Å². The van der Waals surface area contributed by atoms with Crippen LogP contribution in [-0.4, -0.2) is 44.3 Å². The Morgan fingerprint density at radius 1 is 0.857 bits per heavy atom. The molecule has 0 radical (unpaired) electrons. The molecule has 0 bridgehead atoms. The molecule has 0 saturated heterocycles. The average Bonchev–Trinajstić information content (AvgIpc) is 2.96. The number of nitrogens with one attached hydrogen (secondary N) is 1. The third-order valence-corrected chi connectivity index (χ3v) is 9.41. The standard InChI is InChI=1S/C32H39Cl2N3O4S/c1-6-30(32(39)35-19-22(2)3)36(20-27-28(33)13-10-14-29(27)34)31(38)21-37(25-17-15-24(16-18-25)23(4)5)42(40,41)26-11-8-7-9-12-26/h7-18,22-23,30H,6,19-21H2,1-5H3,(H,35,39)/t30-/m1/s1. The lowest BCUT2D eigenvalue weighted by Gasteiger charge is -2.33. The third-order valence-electron chi connectivity index (χ3n) is 6.92. The molecule has 7 nitrogen and oxygen atoms in total. The average molecular weight is 633 g/mol. The van der Waals surface area contributed by atoms with Crippen molar-refractivity contribution in [2.45, 2.75) is 64.4 Å². The number of rotatable bonds is 13. The first-order valence-electron chi connectivity index (χ1n) is 14.0. The molecule has 0 aromatic heterocycles. The Kier molecular flexibility index (Phi) is 11.9. The number of halogens is 2. The summed E-state index contributed by atoms with van der Waals surface area (Å²) >= 11 is 12.9. The molecule has 3 aromatic rings. The molecule has 1 atom stereocenters. The van der Waals surface area contributed by atoms with Crippen LogP contribution >= 0.6 is 23.2 Å². The van der Waals surface area contributed by atoms with E-state index in [1.807, 2.05) is 39.8 Å². The topological polar surface area (TPSA) is 86.8 Å². The zero-order chi connectivity index (χ0) is 31.0. The second-order valence-corrected chi connectivity index (χ2v) is 13.5. The number of anilines is 1. The van der Waals surface area contributed by atoms with Crippen LogP contribution in [0.5, 0.6) is 0 Å². The van der Waals surface area contributed by atoms with E-state index in [4.69, 9.17) is 23.2 Å². The maximum Gasteiger partial charge on any atom is 0.264 e. The SMILES string of the molecule is CC[C@H](C(=O)NCC(C)C)N(Cc1c(Cl)cccc1Cl)C(=O)CN(c1ccc(C(C)C)cc1)S(=O)(=O)c1ccccc1. The molecule has 1 N–H and O–H groups in total. The van der Waals surface area contributed by atoms with Crippen LogP contribution in [0.3, 0.4) is 0 Å². The number of nitrogens with zero attached hydrogens (tertiary/aromatic N) is 2. The van der Waals surface area contributed by atoms with Crippen molar-refractivity contribution in [1.29, 1.82) is 0 Å². The van der Waals surface area contributed by atoms with E-state index in [0.29, 0.717) is 34.3 Å². The third kappa shape index (κ3) is 8.27. The van der Waals surface area contributed by atoms with Gasteiger partial charge in [0.2, 0.25) is 11.8 Å². The number of carbonyl (C=O) groups excluding carboxylic acids is 2. The fourth-order valence-corrected chi connectivity index (χ4v) is 6.42. The van der Waals surface area contributed by atoms with E-state index in [9.17, 15) is 18.0 Å². The summed E-state index contributed by atoms with van der Waals surface area (Å²) in [6, 6.07) is 19.2. The molecular formula is C32H39Cl2N3O4S. The van der Waals surface area contributed by atoms with Crippen LogP contribution in [0.4, 0.5) is 5.69 Å². The predicted molar refractivity (Wildman–Crippen MR) is 170 cm³/mol. The zero-order valence-corrected chi connectivity index (χ0v) is 27.0. The van der Waals surface area contributed by atoms with Gasteiger partial charge in [-0.2, -0.15) is 0 Å². The van der Waals surface area contributed by atoms with E-state index in [2.05, 4.69) is 5.32 Å². The van der Waals surface area contributed by atoms with Crippen molar-refractivity contribution in [3.8, 4) is 0 Å². The van der Waals surface area contributed by atoms with E-state index in [1.165, 1.54) is 17.0 Å². The summed E-state index contributed by atoms with van der Waals surface area (Å²) in [5.41, 5.74) is 1.85. The Balaban J connectivity index is 2.09. The van der Waals surface area contributed by atoms with Gasteiger partial charge >= 0.3 is 0 Å². The van der Waals surface area contributed by atoms with Crippen LogP contribution in [0.25, 0.3) is 0 Å². The summed E-state index contributed by atoms with van der Waals surface area (Å²) in [4.78, 5) is 29.0. The van der Waals surface area contributed by atoms with Gasteiger partial charge in [-0.3, -0.25) is 13.9 Å². The van der Waals surface area contributed by atoms with Gasteiger partial charge in [0.1, 0.15) is 12.6 Å². The first-order valence-corrected chi connectivity index (χ1v) is 16.2. The van der Waals surface area contributed by atoms with E-state index in [-0.39, 0.29) is 29.2 Å². The van der Waals surface area contributed by atoms with E-state index >= 15 is 0 Å².